The first-order valence-electron chi connectivity index (χ1n) is 4.19. The molecule has 1 aliphatic heterocycles. The summed E-state index contributed by atoms with van der Waals surface area (Å²) in [4.78, 5) is 10.6. The Balaban J connectivity index is 2.15. The predicted molar refractivity (Wildman–Crippen MR) is 44.7 cm³/mol. The second-order valence-corrected chi connectivity index (χ2v) is 2.80. The third-order valence-electron chi connectivity index (χ3n) is 1.88. The zero-order valence-corrected chi connectivity index (χ0v) is 7.29. The van der Waals surface area contributed by atoms with Gasteiger partial charge in [0.05, 0.1) is 13.2 Å². The van der Waals surface area contributed by atoms with Crippen LogP contribution in [0.15, 0.2) is 12.2 Å². The molecule has 1 saturated heterocycles. The van der Waals surface area contributed by atoms with Crippen molar-refractivity contribution in [3.05, 3.63) is 12.2 Å². The van der Waals surface area contributed by atoms with Crippen molar-refractivity contribution in [2.45, 2.75) is 25.4 Å². The average Bonchev–Trinajstić information content (AvgIpc) is 2.57. The van der Waals surface area contributed by atoms with Gasteiger partial charge in [-0.3, -0.25) is 0 Å². The molecule has 0 aliphatic carbocycles. The molecule has 1 aliphatic rings. The molecule has 68 valence electrons. The van der Waals surface area contributed by atoms with Crippen LogP contribution in [0.3, 0.4) is 0 Å². The Morgan fingerprint density at radius 2 is 2.58 bits per heavy atom. The van der Waals surface area contributed by atoms with Crippen LogP contribution in [-0.4, -0.2) is 25.8 Å². The number of hydrogen-bond acceptors (Lipinski definition) is 3. The third kappa shape index (κ3) is 3.05. The lowest BCUT2D eigenvalue weighted by molar-refractivity contribution is -0.134. The maximum atomic E-state index is 10.6. The summed E-state index contributed by atoms with van der Waals surface area (Å²) >= 11 is 0. The largest absolute Gasteiger partial charge is 0.466 e. The fraction of sp³-hybridized carbons (Fsp3) is 0.667. The van der Waals surface area contributed by atoms with Gasteiger partial charge in [-0.2, -0.15) is 0 Å². The van der Waals surface area contributed by atoms with Crippen LogP contribution in [0.5, 0.6) is 0 Å². The van der Waals surface area contributed by atoms with Gasteiger partial charge in [0.15, 0.2) is 0 Å². The Hall–Kier alpha value is -0.830. The van der Waals surface area contributed by atoms with Gasteiger partial charge in [0.1, 0.15) is 0 Å². The minimum Gasteiger partial charge on any atom is -0.466 e. The molecule has 0 saturated carbocycles. The van der Waals surface area contributed by atoms with Crippen molar-refractivity contribution < 1.29 is 14.3 Å². The number of rotatable bonds is 3. The molecule has 0 N–H and O–H groups in total. The van der Waals surface area contributed by atoms with Gasteiger partial charge in [0.2, 0.25) is 0 Å². The maximum Gasteiger partial charge on any atom is 0.330 e. The normalized spacial score (nSPS) is 23.2. The number of carbonyl (C=O) groups excluding carboxylic acids is 1. The Labute approximate surface area is 72.4 Å². The van der Waals surface area contributed by atoms with E-state index in [2.05, 4.69) is 4.74 Å². The minimum absolute atomic E-state index is 0.298. The van der Waals surface area contributed by atoms with E-state index in [1.165, 1.54) is 13.2 Å². The molecule has 1 rings (SSSR count). The predicted octanol–water partition coefficient (Wildman–Crippen LogP) is 1.28. The molecular weight excluding hydrogens is 156 g/mol. The van der Waals surface area contributed by atoms with Crippen LogP contribution in [0.1, 0.15) is 19.3 Å². The molecular formula is C9H14O3. The summed E-state index contributed by atoms with van der Waals surface area (Å²) in [5, 5.41) is 0. The lowest BCUT2D eigenvalue weighted by atomic mass is 10.2. The average molecular weight is 170 g/mol. The summed E-state index contributed by atoms with van der Waals surface area (Å²) in [7, 11) is 1.37. The number of methoxy groups -OCH3 is 1. The number of ether oxygens (including phenoxy) is 2. The van der Waals surface area contributed by atoms with Crippen LogP contribution in [0, 0.1) is 0 Å². The van der Waals surface area contributed by atoms with Gasteiger partial charge in [-0.1, -0.05) is 6.08 Å². The van der Waals surface area contributed by atoms with Crippen molar-refractivity contribution in [1.82, 2.24) is 0 Å². The molecule has 1 heterocycles. The van der Waals surface area contributed by atoms with E-state index < -0.39 is 0 Å². The lowest BCUT2D eigenvalue weighted by Crippen LogP contribution is -2.02. The van der Waals surface area contributed by atoms with Gasteiger partial charge in [0, 0.05) is 12.7 Å². The van der Waals surface area contributed by atoms with Crippen molar-refractivity contribution >= 4 is 5.97 Å². The second kappa shape index (κ2) is 4.93. The smallest absolute Gasteiger partial charge is 0.330 e. The molecule has 0 amide bonds. The van der Waals surface area contributed by atoms with E-state index in [-0.39, 0.29) is 5.97 Å². The van der Waals surface area contributed by atoms with E-state index >= 15 is 0 Å². The van der Waals surface area contributed by atoms with Gasteiger partial charge in [-0.05, 0) is 19.3 Å². The molecule has 0 bridgehead atoms. The van der Waals surface area contributed by atoms with E-state index in [9.17, 15) is 4.79 Å². The number of esters is 1. The van der Waals surface area contributed by atoms with E-state index in [1.807, 2.05) is 6.08 Å². The molecule has 12 heavy (non-hydrogen) atoms. The van der Waals surface area contributed by atoms with Gasteiger partial charge in [-0.25, -0.2) is 4.79 Å². The van der Waals surface area contributed by atoms with Crippen molar-refractivity contribution in [2.75, 3.05) is 13.7 Å². The Morgan fingerprint density at radius 3 is 3.17 bits per heavy atom. The first kappa shape index (κ1) is 9.26. The summed E-state index contributed by atoms with van der Waals surface area (Å²) in [6.07, 6.45) is 6.62. The summed E-state index contributed by atoms with van der Waals surface area (Å²) in [5.41, 5.74) is 0. The van der Waals surface area contributed by atoms with Crippen LogP contribution < -0.4 is 0 Å². The quantitative estimate of drug-likeness (QED) is 0.473. The van der Waals surface area contributed by atoms with Crippen molar-refractivity contribution in [3.8, 4) is 0 Å². The number of carbonyl (C=O) groups is 1. The molecule has 1 unspecified atom stereocenters. The summed E-state index contributed by atoms with van der Waals surface area (Å²) < 4.78 is 9.81. The van der Waals surface area contributed by atoms with Gasteiger partial charge in [-0.15, -0.1) is 0 Å². The zero-order valence-electron chi connectivity index (χ0n) is 7.29. The molecule has 3 nitrogen and oxygen atoms in total. The molecule has 0 aromatic heterocycles. The lowest BCUT2D eigenvalue weighted by Gasteiger charge is -2.03. The van der Waals surface area contributed by atoms with Crippen LogP contribution in [0.4, 0.5) is 0 Å². The summed E-state index contributed by atoms with van der Waals surface area (Å²) in [5.74, 6) is -0.298. The topological polar surface area (TPSA) is 35.5 Å². The van der Waals surface area contributed by atoms with Crippen LogP contribution in [0.2, 0.25) is 0 Å². The zero-order chi connectivity index (χ0) is 8.81. The SMILES string of the molecule is COC(=O)/C=C\CC1CCCO1. The Morgan fingerprint density at radius 1 is 1.75 bits per heavy atom. The van der Waals surface area contributed by atoms with E-state index in [1.54, 1.807) is 0 Å². The van der Waals surface area contributed by atoms with Crippen LogP contribution >= 0.6 is 0 Å². The number of hydrogen-bond donors (Lipinski definition) is 0. The summed E-state index contributed by atoms with van der Waals surface area (Å²) in [6, 6.07) is 0. The molecule has 3 heteroatoms. The molecule has 0 aromatic rings. The van der Waals surface area contributed by atoms with Crippen molar-refractivity contribution in [1.29, 1.82) is 0 Å². The Kier molecular flexibility index (Phi) is 3.80. The highest BCUT2D eigenvalue weighted by Gasteiger charge is 2.13. The van der Waals surface area contributed by atoms with Crippen LogP contribution in [0.25, 0.3) is 0 Å². The van der Waals surface area contributed by atoms with Gasteiger partial charge < -0.3 is 9.47 Å². The fourth-order valence-electron chi connectivity index (χ4n) is 1.21. The monoisotopic (exact) mass is 170 g/mol. The molecule has 1 atom stereocenters. The molecule has 0 spiro atoms. The Bertz CT molecular complexity index is 169. The second-order valence-electron chi connectivity index (χ2n) is 2.80. The van der Waals surface area contributed by atoms with Crippen LogP contribution in [-0.2, 0) is 14.3 Å². The van der Waals surface area contributed by atoms with E-state index in [0.717, 1.165) is 25.9 Å². The third-order valence-corrected chi connectivity index (χ3v) is 1.88. The maximum absolute atomic E-state index is 10.6. The van der Waals surface area contributed by atoms with E-state index in [0.29, 0.717) is 6.10 Å². The standard InChI is InChI=1S/C9H14O3/c1-11-9(10)6-2-4-8-5-3-7-12-8/h2,6,8H,3-5,7H2,1H3/b6-2-. The molecule has 0 radical (unpaired) electrons. The highest BCUT2D eigenvalue weighted by atomic mass is 16.5. The molecule has 0 aromatic carbocycles. The van der Waals surface area contributed by atoms with Crippen molar-refractivity contribution in [2.24, 2.45) is 0 Å². The fourth-order valence-corrected chi connectivity index (χ4v) is 1.21. The highest BCUT2D eigenvalue weighted by Crippen LogP contribution is 2.15. The molecule has 1 fully saturated rings. The first-order valence-corrected chi connectivity index (χ1v) is 4.19. The van der Waals surface area contributed by atoms with E-state index in [4.69, 9.17) is 4.74 Å². The van der Waals surface area contributed by atoms with Gasteiger partial charge in [0.25, 0.3) is 0 Å². The van der Waals surface area contributed by atoms with Crippen molar-refractivity contribution in [3.63, 3.8) is 0 Å². The van der Waals surface area contributed by atoms with Gasteiger partial charge >= 0.3 is 5.97 Å². The highest BCUT2D eigenvalue weighted by molar-refractivity contribution is 5.81. The first-order chi connectivity index (χ1) is 5.83. The summed E-state index contributed by atoms with van der Waals surface area (Å²) in [6.45, 7) is 0.858. The minimum atomic E-state index is -0.298.